The lowest BCUT2D eigenvalue weighted by atomic mass is 10.1. The molecule has 152 valence electrons. The number of rotatable bonds is 6. The van der Waals surface area contributed by atoms with Crippen LogP contribution in [0.15, 0.2) is 72.9 Å². The summed E-state index contributed by atoms with van der Waals surface area (Å²) in [6.07, 6.45) is 1.58. The molecule has 6 nitrogen and oxygen atoms in total. The van der Waals surface area contributed by atoms with Crippen LogP contribution in [0, 0.1) is 0 Å². The van der Waals surface area contributed by atoms with E-state index in [1.165, 1.54) is 0 Å². The zero-order valence-corrected chi connectivity index (χ0v) is 17.0. The number of halogens is 1. The molecule has 1 saturated heterocycles. The topological polar surface area (TPSA) is 65.5 Å². The van der Waals surface area contributed by atoms with Gasteiger partial charge in [-0.2, -0.15) is 0 Å². The molecule has 0 bridgehead atoms. The van der Waals surface area contributed by atoms with E-state index in [4.69, 9.17) is 11.6 Å². The number of nitrogens with zero attached hydrogens (tertiary/aromatic N) is 3. The Morgan fingerprint density at radius 1 is 0.800 bits per heavy atom. The van der Waals surface area contributed by atoms with Crippen LogP contribution in [0.25, 0.3) is 0 Å². The van der Waals surface area contributed by atoms with Gasteiger partial charge >= 0.3 is 11.8 Å². The minimum absolute atomic E-state index is 0.406. The van der Waals surface area contributed by atoms with E-state index in [-0.39, 0.29) is 0 Å². The molecule has 0 unspecified atom stereocenters. The first-order chi connectivity index (χ1) is 14.6. The SMILES string of the molecule is O=C1C(=O)N(Cc2ccc(Nc3ccc(Cl)cn3)cc2)CCN1Cc1ccccc1. The molecule has 0 radical (unpaired) electrons. The van der Waals surface area contributed by atoms with E-state index < -0.39 is 11.8 Å². The van der Waals surface area contributed by atoms with Crippen LogP contribution in [0.4, 0.5) is 11.5 Å². The van der Waals surface area contributed by atoms with Gasteiger partial charge in [-0.15, -0.1) is 0 Å². The number of hydrogen-bond acceptors (Lipinski definition) is 4. The summed E-state index contributed by atoms with van der Waals surface area (Å²) in [6, 6.07) is 21.0. The number of hydrogen-bond donors (Lipinski definition) is 1. The van der Waals surface area contributed by atoms with Gasteiger partial charge in [-0.05, 0) is 35.4 Å². The summed E-state index contributed by atoms with van der Waals surface area (Å²) < 4.78 is 0. The summed E-state index contributed by atoms with van der Waals surface area (Å²) >= 11 is 5.85. The van der Waals surface area contributed by atoms with Crippen LogP contribution >= 0.6 is 11.6 Å². The average molecular weight is 421 g/mol. The van der Waals surface area contributed by atoms with Gasteiger partial charge in [0.15, 0.2) is 0 Å². The van der Waals surface area contributed by atoms with Crippen molar-refractivity contribution in [2.45, 2.75) is 13.1 Å². The van der Waals surface area contributed by atoms with Crippen molar-refractivity contribution in [3.8, 4) is 0 Å². The maximum atomic E-state index is 12.6. The molecule has 2 heterocycles. The van der Waals surface area contributed by atoms with Crippen LogP contribution in [0.5, 0.6) is 0 Å². The van der Waals surface area contributed by atoms with Crippen LogP contribution in [0.3, 0.4) is 0 Å². The fourth-order valence-electron chi connectivity index (χ4n) is 3.33. The number of amides is 2. The Morgan fingerprint density at radius 3 is 1.97 bits per heavy atom. The van der Waals surface area contributed by atoms with Gasteiger partial charge in [0, 0.05) is 38.1 Å². The maximum Gasteiger partial charge on any atom is 0.312 e. The predicted molar refractivity (Wildman–Crippen MR) is 116 cm³/mol. The molecule has 30 heavy (non-hydrogen) atoms. The van der Waals surface area contributed by atoms with Gasteiger partial charge in [0.05, 0.1) is 5.02 Å². The fraction of sp³-hybridized carbons (Fsp3) is 0.174. The molecule has 1 fully saturated rings. The Labute approximate surface area is 180 Å². The lowest BCUT2D eigenvalue weighted by molar-refractivity contribution is -0.156. The summed E-state index contributed by atoms with van der Waals surface area (Å²) in [5.41, 5.74) is 2.86. The molecule has 0 saturated carbocycles. The second-order valence-corrected chi connectivity index (χ2v) is 7.56. The summed E-state index contributed by atoms with van der Waals surface area (Å²) in [6.45, 7) is 1.91. The quantitative estimate of drug-likeness (QED) is 0.615. The van der Waals surface area contributed by atoms with Crippen LogP contribution in [-0.4, -0.2) is 39.7 Å². The molecule has 0 aliphatic carbocycles. The first-order valence-electron chi connectivity index (χ1n) is 9.68. The smallest absolute Gasteiger partial charge is 0.312 e. The van der Waals surface area contributed by atoms with Crippen molar-refractivity contribution in [3.63, 3.8) is 0 Å². The third kappa shape index (κ3) is 4.78. The predicted octanol–water partition coefficient (Wildman–Crippen LogP) is 3.85. The second kappa shape index (κ2) is 8.97. The Hall–Kier alpha value is -3.38. The van der Waals surface area contributed by atoms with Gasteiger partial charge in [0.2, 0.25) is 0 Å². The summed E-state index contributed by atoms with van der Waals surface area (Å²) in [7, 11) is 0. The van der Waals surface area contributed by atoms with E-state index in [1.807, 2.05) is 54.6 Å². The minimum atomic E-state index is -0.454. The first kappa shape index (κ1) is 19.9. The highest BCUT2D eigenvalue weighted by Crippen LogP contribution is 2.19. The molecular weight excluding hydrogens is 400 g/mol. The van der Waals surface area contributed by atoms with Gasteiger partial charge in [-0.25, -0.2) is 4.98 Å². The molecule has 2 aromatic carbocycles. The highest BCUT2D eigenvalue weighted by Gasteiger charge is 2.32. The molecule has 4 rings (SSSR count). The standard InChI is InChI=1S/C23H21ClN4O2/c24-19-8-11-21(25-14-19)26-20-9-6-18(7-10-20)16-28-13-12-27(22(29)23(28)30)15-17-4-2-1-3-5-17/h1-11,14H,12-13,15-16H2,(H,25,26). The van der Waals surface area contributed by atoms with Crippen LogP contribution in [0.1, 0.15) is 11.1 Å². The van der Waals surface area contributed by atoms with Crippen molar-refractivity contribution in [2.24, 2.45) is 0 Å². The molecule has 1 aliphatic heterocycles. The number of aromatic nitrogens is 1. The van der Waals surface area contributed by atoms with Gasteiger partial charge < -0.3 is 15.1 Å². The Kier molecular flexibility index (Phi) is 5.95. The Balaban J connectivity index is 1.34. The number of carbonyl (C=O) groups excluding carboxylic acids is 2. The van der Waals surface area contributed by atoms with Crippen molar-refractivity contribution < 1.29 is 9.59 Å². The number of benzene rings is 2. The molecule has 1 N–H and O–H groups in total. The average Bonchev–Trinajstić information content (AvgIpc) is 2.77. The summed E-state index contributed by atoms with van der Waals surface area (Å²) in [5, 5.41) is 3.78. The van der Waals surface area contributed by atoms with Crippen molar-refractivity contribution >= 4 is 34.9 Å². The number of nitrogens with one attached hydrogen (secondary N) is 1. The lowest BCUT2D eigenvalue weighted by Gasteiger charge is -2.33. The molecule has 1 aliphatic rings. The lowest BCUT2D eigenvalue weighted by Crippen LogP contribution is -2.53. The molecule has 7 heteroatoms. The van der Waals surface area contributed by atoms with E-state index in [1.54, 1.807) is 28.1 Å². The van der Waals surface area contributed by atoms with Crippen molar-refractivity contribution in [1.82, 2.24) is 14.8 Å². The van der Waals surface area contributed by atoms with E-state index in [2.05, 4.69) is 10.3 Å². The molecule has 0 atom stereocenters. The summed E-state index contributed by atoms with van der Waals surface area (Å²) in [5.74, 6) is -0.204. The number of carbonyl (C=O) groups is 2. The van der Waals surface area contributed by atoms with Crippen LogP contribution in [0.2, 0.25) is 5.02 Å². The van der Waals surface area contributed by atoms with E-state index in [0.717, 1.165) is 16.8 Å². The summed E-state index contributed by atoms with van der Waals surface area (Å²) in [4.78, 5) is 32.5. The highest BCUT2D eigenvalue weighted by molar-refractivity contribution is 6.35. The minimum Gasteiger partial charge on any atom is -0.340 e. The van der Waals surface area contributed by atoms with Gasteiger partial charge in [-0.3, -0.25) is 9.59 Å². The van der Waals surface area contributed by atoms with Gasteiger partial charge in [-0.1, -0.05) is 54.1 Å². The second-order valence-electron chi connectivity index (χ2n) is 7.12. The Morgan fingerprint density at radius 2 is 1.40 bits per heavy atom. The number of pyridine rings is 1. The van der Waals surface area contributed by atoms with Gasteiger partial charge in [0.25, 0.3) is 0 Å². The zero-order chi connectivity index (χ0) is 20.9. The van der Waals surface area contributed by atoms with Crippen molar-refractivity contribution in [3.05, 3.63) is 89.1 Å². The van der Waals surface area contributed by atoms with Crippen molar-refractivity contribution in [2.75, 3.05) is 18.4 Å². The third-order valence-electron chi connectivity index (χ3n) is 4.94. The monoisotopic (exact) mass is 420 g/mol. The number of anilines is 2. The third-order valence-corrected chi connectivity index (χ3v) is 5.16. The highest BCUT2D eigenvalue weighted by atomic mass is 35.5. The molecule has 0 spiro atoms. The van der Waals surface area contributed by atoms with E-state index in [0.29, 0.717) is 37.0 Å². The molecule has 1 aromatic heterocycles. The van der Waals surface area contributed by atoms with E-state index >= 15 is 0 Å². The molecular formula is C23H21ClN4O2. The zero-order valence-electron chi connectivity index (χ0n) is 16.3. The fourth-order valence-corrected chi connectivity index (χ4v) is 3.44. The normalized spacial score (nSPS) is 14.2. The Bertz CT molecular complexity index is 1020. The molecule has 2 amide bonds. The van der Waals surface area contributed by atoms with Crippen LogP contribution < -0.4 is 5.32 Å². The van der Waals surface area contributed by atoms with Gasteiger partial charge in [0.1, 0.15) is 5.82 Å². The largest absolute Gasteiger partial charge is 0.340 e. The van der Waals surface area contributed by atoms with Crippen molar-refractivity contribution in [1.29, 1.82) is 0 Å². The van der Waals surface area contributed by atoms with Crippen LogP contribution in [-0.2, 0) is 22.7 Å². The first-order valence-corrected chi connectivity index (χ1v) is 10.1. The number of piperazine rings is 1. The molecule has 3 aromatic rings. The maximum absolute atomic E-state index is 12.6. The van der Waals surface area contributed by atoms with E-state index in [9.17, 15) is 9.59 Å².